The molecule has 1 atom stereocenters. The number of hydrogen-bond acceptors (Lipinski definition) is 4. The fraction of sp³-hybridized carbons (Fsp3) is 0.250. The first-order chi connectivity index (χ1) is 12.0. The van der Waals surface area contributed by atoms with Gasteiger partial charge in [0.15, 0.2) is 11.5 Å². The van der Waals surface area contributed by atoms with Crippen molar-refractivity contribution in [1.82, 2.24) is 4.90 Å². The third-order valence-electron chi connectivity index (χ3n) is 4.38. The number of methoxy groups -OCH3 is 2. The topological polar surface area (TPSA) is 50.8 Å². The van der Waals surface area contributed by atoms with Crippen LogP contribution in [0.3, 0.4) is 0 Å². The van der Waals surface area contributed by atoms with Crippen LogP contribution in [0, 0.1) is 0 Å². The van der Waals surface area contributed by atoms with Crippen LogP contribution in [0.4, 0.5) is 5.69 Å². The van der Waals surface area contributed by atoms with Gasteiger partial charge in [-0.2, -0.15) is 0 Å². The highest BCUT2D eigenvalue weighted by Gasteiger charge is 2.31. The Hall–Kier alpha value is -2.95. The van der Waals surface area contributed by atoms with Gasteiger partial charge in [0.1, 0.15) is 6.17 Å². The van der Waals surface area contributed by atoms with Crippen molar-refractivity contribution >= 4 is 17.7 Å². The fourth-order valence-electron chi connectivity index (χ4n) is 3.04. The summed E-state index contributed by atoms with van der Waals surface area (Å²) >= 11 is 0. The Bertz CT molecular complexity index is 815. The maximum absolute atomic E-state index is 12.8. The summed E-state index contributed by atoms with van der Waals surface area (Å²) in [5, 5.41) is 3.42. The summed E-state index contributed by atoms with van der Waals surface area (Å²) in [6, 6.07) is 13.6. The van der Waals surface area contributed by atoms with Crippen molar-refractivity contribution in [3.8, 4) is 11.5 Å². The molecule has 1 aliphatic rings. The number of carbonyl (C=O) groups excluding carboxylic acids is 1. The SMILES string of the molecule is COc1cc2c(cc1OC)C(=O)N(C)[C@H](/C(C)=C\c1ccccc1)N2. The Balaban J connectivity index is 1.98. The van der Waals surface area contributed by atoms with Crippen molar-refractivity contribution < 1.29 is 14.3 Å². The highest BCUT2D eigenvalue weighted by atomic mass is 16.5. The second kappa shape index (κ2) is 6.89. The maximum Gasteiger partial charge on any atom is 0.257 e. The number of carbonyl (C=O) groups is 1. The Kier molecular flexibility index (Phi) is 4.65. The van der Waals surface area contributed by atoms with E-state index in [2.05, 4.69) is 11.4 Å². The first kappa shape index (κ1) is 16.9. The molecule has 5 heteroatoms. The molecule has 3 rings (SSSR count). The van der Waals surface area contributed by atoms with Crippen LogP contribution in [0.15, 0.2) is 48.0 Å². The quantitative estimate of drug-likeness (QED) is 0.925. The molecule has 1 N–H and O–H groups in total. The normalized spacial score (nSPS) is 17.0. The number of anilines is 1. The van der Waals surface area contributed by atoms with Gasteiger partial charge in [0.2, 0.25) is 0 Å². The lowest BCUT2D eigenvalue weighted by molar-refractivity contribution is 0.0757. The number of fused-ring (bicyclic) bond motifs is 1. The number of benzene rings is 2. The van der Waals surface area contributed by atoms with Gasteiger partial charge in [-0.05, 0) is 24.1 Å². The van der Waals surface area contributed by atoms with Crippen molar-refractivity contribution in [2.45, 2.75) is 13.1 Å². The highest BCUT2D eigenvalue weighted by Crippen LogP contribution is 2.37. The van der Waals surface area contributed by atoms with E-state index in [9.17, 15) is 4.79 Å². The van der Waals surface area contributed by atoms with E-state index < -0.39 is 0 Å². The first-order valence-corrected chi connectivity index (χ1v) is 8.08. The molecule has 0 fully saturated rings. The number of rotatable bonds is 4. The van der Waals surface area contributed by atoms with Gasteiger partial charge in [0.05, 0.1) is 25.5 Å². The van der Waals surface area contributed by atoms with E-state index >= 15 is 0 Å². The molecule has 2 aromatic rings. The number of amides is 1. The molecule has 1 heterocycles. The number of likely N-dealkylation sites (N-methyl/N-ethyl adjacent to an activating group) is 1. The maximum atomic E-state index is 12.8. The Morgan fingerprint density at radius 3 is 2.40 bits per heavy atom. The van der Waals surface area contributed by atoms with Gasteiger partial charge in [-0.25, -0.2) is 0 Å². The van der Waals surface area contributed by atoms with E-state index in [1.165, 1.54) is 0 Å². The van der Waals surface area contributed by atoms with Gasteiger partial charge in [0, 0.05) is 13.1 Å². The highest BCUT2D eigenvalue weighted by molar-refractivity contribution is 6.02. The minimum atomic E-state index is -0.224. The van der Waals surface area contributed by atoms with Gasteiger partial charge < -0.3 is 19.7 Å². The molecule has 0 saturated carbocycles. The summed E-state index contributed by atoms with van der Waals surface area (Å²) in [5.41, 5.74) is 3.46. The predicted molar refractivity (Wildman–Crippen MR) is 99.1 cm³/mol. The zero-order valence-electron chi connectivity index (χ0n) is 14.9. The van der Waals surface area contributed by atoms with E-state index in [-0.39, 0.29) is 12.1 Å². The summed E-state index contributed by atoms with van der Waals surface area (Å²) in [6.45, 7) is 2.01. The Morgan fingerprint density at radius 2 is 1.76 bits per heavy atom. The Morgan fingerprint density at radius 1 is 1.12 bits per heavy atom. The van der Waals surface area contributed by atoms with Crippen LogP contribution in [0.1, 0.15) is 22.8 Å². The molecule has 1 aliphatic heterocycles. The lowest BCUT2D eigenvalue weighted by atomic mass is 10.0. The molecule has 0 bridgehead atoms. The van der Waals surface area contributed by atoms with Crippen LogP contribution in [-0.4, -0.2) is 38.2 Å². The standard InChI is InChI=1S/C20H22N2O3/c1-13(10-14-8-6-5-7-9-14)19-21-16-12-18(25-4)17(24-3)11-15(16)20(23)22(19)2/h5-12,19,21H,1-4H3/b13-10-/t19-/m1/s1. The minimum Gasteiger partial charge on any atom is -0.493 e. The van der Waals surface area contributed by atoms with E-state index in [1.807, 2.05) is 43.3 Å². The van der Waals surface area contributed by atoms with Crippen molar-refractivity contribution in [2.75, 3.05) is 26.6 Å². The lowest BCUT2D eigenvalue weighted by Crippen LogP contribution is -2.47. The summed E-state index contributed by atoms with van der Waals surface area (Å²) in [7, 11) is 4.94. The third-order valence-corrected chi connectivity index (χ3v) is 4.38. The van der Waals surface area contributed by atoms with Gasteiger partial charge in [-0.3, -0.25) is 4.79 Å². The predicted octanol–water partition coefficient (Wildman–Crippen LogP) is 3.63. The largest absolute Gasteiger partial charge is 0.493 e. The molecule has 2 aromatic carbocycles. The smallest absolute Gasteiger partial charge is 0.257 e. The molecule has 0 aromatic heterocycles. The van der Waals surface area contributed by atoms with Crippen LogP contribution < -0.4 is 14.8 Å². The van der Waals surface area contributed by atoms with Crippen LogP contribution in [0.5, 0.6) is 11.5 Å². The van der Waals surface area contributed by atoms with E-state index in [1.54, 1.807) is 32.2 Å². The van der Waals surface area contributed by atoms with Crippen molar-refractivity contribution in [3.05, 3.63) is 59.2 Å². The number of ether oxygens (including phenoxy) is 2. The minimum absolute atomic E-state index is 0.0551. The molecule has 0 radical (unpaired) electrons. The summed E-state index contributed by atoms with van der Waals surface area (Å²) < 4.78 is 10.7. The number of nitrogens with one attached hydrogen (secondary N) is 1. The van der Waals surface area contributed by atoms with Gasteiger partial charge in [-0.1, -0.05) is 36.4 Å². The molecule has 0 unspecified atom stereocenters. The molecule has 0 aliphatic carbocycles. The van der Waals surface area contributed by atoms with E-state index in [0.717, 1.165) is 16.8 Å². The van der Waals surface area contributed by atoms with Crippen molar-refractivity contribution in [3.63, 3.8) is 0 Å². The molecular formula is C20H22N2O3. The zero-order valence-corrected chi connectivity index (χ0v) is 14.9. The van der Waals surface area contributed by atoms with E-state index in [0.29, 0.717) is 17.1 Å². The fourth-order valence-corrected chi connectivity index (χ4v) is 3.04. The second-order valence-corrected chi connectivity index (χ2v) is 6.01. The van der Waals surface area contributed by atoms with Crippen LogP contribution in [0.25, 0.3) is 6.08 Å². The zero-order chi connectivity index (χ0) is 18.0. The Labute approximate surface area is 147 Å². The van der Waals surface area contributed by atoms with Gasteiger partial charge in [-0.15, -0.1) is 0 Å². The van der Waals surface area contributed by atoms with Crippen LogP contribution in [-0.2, 0) is 0 Å². The molecule has 0 saturated heterocycles. The monoisotopic (exact) mass is 338 g/mol. The summed E-state index contributed by atoms with van der Waals surface area (Å²) in [6.07, 6.45) is 1.85. The summed E-state index contributed by atoms with van der Waals surface area (Å²) in [5.74, 6) is 1.08. The number of nitrogens with zero attached hydrogens (tertiary/aromatic N) is 1. The average molecular weight is 338 g/mol. The second-order valence-electron chi connectivity index (χ2n) is 6.01. The van der Waals surface area contributed by atoms with Gasteiger partial charge >= 0.3 is 0 Å². The first-order valence-electron chi connectivity index (χ1n) is 8.08. The van der Waals surface area contributed by atoms with Crippen LogP contribution >= 0.6 is 0 Å². The van der Waals surface area contributed by atoms with Crippen molar-refractivity contribution in [1.29, 1.82) is 0 Å². The lowest BCUT2D eigenvalue weighted by Gasteiger charge is -2.36. The third kappa shape index (κ3) is 3.18. The molecular weight excluding hydrogens is 316 g/mol. The van der Waals surface area contributed by atoms with Gasteiger partial charge in [0.25, 0.3) is 5.91 Å². The molecule has 25 heavy (non-hydrogen) atoms. The number of hydrogen-bond donors (Lipinski definition) is 1. The molecule has 130 valence electrons. The van der Waals surface area contributed by atoms with Crippen LogP contribution in [0.2, 0.25) is 0 Å². The molecule has 1 amide bonds. The summed E-state index contributed by atoms with van der Waals surface area (Å²) in [4.78, 5) is 14.5. The average Bonchev–Trinajstić information content (AvgIpc) is 2.64. The van der Waals surface area contributed by atoms with Crippen molar-refractivity contribution in [2.24, 2.45) is 0 Å². The van der Waals surface area contributed by atoms with E-state index in [4.69, 9.17) is 9.47 Å². The molecule has 5 nitrogen and oxygen atoms in total. The molecule has 0 spiro atoms.